The summed E-state index contributed by atoms with van der Waals surface area (Å²) in [4.78, 5) is 0. The number of ether oxygens (including phenoxy) is 1. The van der Waals surface area contributed by atoms with Gasteiger partial charge in [0.25, 0.3) is 0 Å². The van der Waals surface area contributed by atoms with Crippen LogP contribution >= 0.6 is 0 Å². The van der Waals surface area contributed by atoms with Crippen molar-refractivity contribution in [3.63, 3.8) is 0 Å². The Kier molecular flexibility index (Phi) is 5.34. The largest absolute Gasteiger partial charge is 0.374 e. The number of hydrogen-bond donors (Lipinski definition) is 1. The molecule has 1 aliphatic heterocycles. The summed E-state index contributed by atoms with van der Waals surface area (Å²) in [5, 5.41) is 6.54. The zero-order valence-corrected chi connectivity index (χ0v) is 17.6. The number of fused-ring (bicyclic) bond motifs is 1. The molecule has 0 unspecified atom stereocenters. The third kappa shape index (κ3) is 3.77. The van der Waals surface area contributed by atoms with Crippen LogP contribution in [0.3, 0.4) is 0 Å². The minimum Gasteiger partial charge on any atom is -0.374 e. The lowest BCUT2D eigenvalue weighted by Gasteiger charge is -2.35. The molecule has 1 heterocycles. The summed E-state index contributed by atoms with van der Waals surface area (Å²) >= 11 is 0. The SMILES string of the molecule is C[C@@H](N[C@H]1CCC[C@H](c2ccc(C3(F)COC3)cc2)C1)c1cccc2ccccc12. The average Bonchev–Trinajstić information content (AvgIpc) is 2.77. The smallest absolute Gasteiger partial charge is 0.182 e. The molecule has 3 aromatic rings. The van der Waals surface area contributed by atoms with E-state index in [2.05, 4.69) is 66.8 Å². The van der Waals surface area contributed by atoms with Crippen LogP contribution in [0, 0.1) is 0 Å². The molecule has 0 bridgehead atoms. The van der Waals surface area contributed by atoms with Crippen molar-refractivity contribution in [2.45, 2.75) is 56.3 Å². The second kappa shape index (κ2) is 8.13. The predicted octanol–water partition coefficient (Wildman–Crippen LogP) is 6.41. The number of alkyl halides is 1. The third-order valence-corrected chi connectivity index (χ3v) is 7.01. The van der Waals surface area contributed by atoms with Gasteiger partial charge in [-0.1, -0.05) is 73.2 Å². The van der Waals surface area contributed by atoms with Gasteiger partial charge in [-0.05, 0) is 59.6 Å². The Morgan fingerprint density at radius 3 is 2.50 bits per heavy atom. The second-order valence-electron chi connectivity index (χ2n) is 9.10. The van der Waals surface area contributed by atoms with Gasteiger partial charge in [-0.3, -0.25) is 0 Å². The molecule has 1 saturated carbocycles. The summed E-state index contributed by atoms with van der Waals surface area (Å²) < 4.78 is 19.6. The van der Waals surface area contributed by atoms with E-state index in [1.807, 2.05) is 12.1 Å². The second-order valence-corrected chi connectivity index (χ2v) is 9.10. The first-order chi connectivity index (χ1) is 14.6. The van der Waals surface area contributed by atoms with Gasteiger partial charge in [0, 0.05) is 12.1 Å². The summed E-state index contributed by atoms with van der Waals surface area (Å²) in [6.45, 7) is 2.66. The summed E-state index contributed by atoms with van der Waals surface area (Å²) in [5.74, 6) is 0.540. The van der Waals surface area contributed by atoms with Gasteiger partial charge >= 0.3 is 0 Å². The Balaban J connectivity index is 1.27. The summed E-state index contributed by atoms with van der Waals surface area (Å²) in [6.07, 6.45) is 4.80. The highest BCUT2D eigenvalue weighted by Crippen LogP contribution is 2.37. The number of halogens is 1. The Hall–Kier alpha value is -2.23. The molecular formula is C27H30FNO. The number of hydrogen-bond acceptors (Lipinski definition) is 2. The van der Waals surface area contributed by atoms with Crippen LogP contribution < -0.4 is 5.32 Å². The number of benzene rings is 3. The third-order valence-electron chi connectivity index (χ3n) is 7.01. The maximum Gasteiger partial charge on any atom is 0.182 e. The molecule has 2 nitrogen and oxygen atoms in total. The molecular weight excluding hydrogens is 373 g/mol. The van der Waals surface area contributed by atoms with Gasteiger partial charge in [-0.25, -0.2) is 4.39 Å². The average molecular weight is 404 g/mol. The van der Waals surface area contributed by atoms with Crippen molar-refractivity contribution in [3.8, 4) is 0 Å². The monoisotopic (exact) mass is 403 g/mol. The lowest BCUT2D eigenvalue weighted by molar-refractivity contribution is -0.135. The van der Waals surface area contributed by atoms with E-state index in [4.69, 9.17) is 4.74 Å². The van der Waals surface area contributed by atoms with Gasteiger partial charge in [0.05, 0.1) is 13.2 Å². The highest BCUT2D eigenvalue weighted by Gasteiger charge is 2.40. The van der Waals surface area contributed by atoms with Crippen LogP contribution in [0.5, 0.6) is 0 Å². The van der Waals surface area contributed by atoms with Crippen molar-refractivity contribution >= 4 is 10.8 Å². The van der Waals surface area contributed by atoms with Crippen molar-refractivity contribution < 1.29 is 9.13 Å². The molecule has 0 spiro atoms. The van der Waals surface area contributed by atoms with Crippen LogP contribution in [0.15, 0.2) is 66.7 Å². The molecule has 3 aromatic carbocycles. The van der Waals surface area contributed by atoms with Crippen molar-refractivity contribution in [3.05, 3.63) is 83.4 Å². The minimum absolute atomic E-state index is 0.188. The first-order valence-corrected chi connectivity index (χ1v) is 11.2. The first-order valence-electron chi connectivity index (χ1n) is 11.2. The molecule has 3 heteroatoms. The molecule has 156 valence electrons. The molecule has 30 heavy (non-hydrogen) atoms. The molecule has 3 atom stereocenters. The molecule has 1 N–H and O–H groups in total. The van der Waals surface area contributed by atoms with Gasteiger partial charge in [-0.2, -0.15) is 0 Å². The van der Waals surface area contributed by atoms with E-state index in [1.54, 1.807) is 0 Å². The molecule has 0 radical (unpaired) electrons. The zero-order valence-electron chi connectivity index (χ0n) is 17.6. The van der Waals surface area contributed by atoms with Crippen molar-refractivity contribution in [2.75, 3.05) is 13.2 Å². The van der Waals surface area contributed by atoms with E-state index < -0.39 is 5.67 Å². The number of nitrogens with one attached hydrogen (secondary N) is 1. The lowest BCUT2D eigenvalue weighted by atomic mass is 9.80. The summed E-state index contributed by atoms with van der Waals surface area (Å²) in [6, 6.07) is 24.2. The highest BCUT2D eigenvalue weighted by molar-refractivity contribution is 5.86. The lowest BCUT2D eigenvalue weighted by Crippen LogP contribution is -2.42. The maximum absolute atomic E-state index is 14.6. The fourth-order valence-corrected chi connectivity index (χ4v) is 5.22. The zero-order chi connectivity index (χ0) is 20.6. The van der Waals surface area contributed by atoms with Crippen LogP contribution in [-0.4, -0.2) is 19.3 Å². The molecule has 1 saturated heterocycles. The van der Waals surface area contributed by atoms with E-state index in [-0.39, 0.29) is 13.2 Å². The van der Waals surface area contributed by atoms with Crippen LogP contribution in [0.1, 0.15) is 61.3 Å². The van der Waals surface area contributed by atoms with Crippen LogP contribution in [0.25, 0.3) is 10.8 Å². The fraction of sp³-hybridized carbons (Fsp3) is 0.407. The Morgan fingerprint density at radius 2 is 1.73 bits per heavy atom. The van der Waals surface area contributed by atoms with Crippen LogP contribution in [0.4, 0.5) is 4.39 Å². The van der Waals surface area contributed by atoms with E-state index in [0.29, 0.717) is 18.0 Å². The van der Waals surface area contributed by atoms with Gasteiger partial charge in [-0.15, -0.1) is 0 Å². The van der Waals surface area contributed by atoms with Gasteiger partial charge in [0.1, 0.15) is 0 Å². The Labute approximate surface area is 178 Å². The highest BCUT2D eigenvalue weighted by atomic mass is 19.1. The standard InChI is InChI=1S/C27H30FNO/c1-19(25-11-5-7-21-6-2-3-10-26(21)25)29-24-9-4-8-22(16-24)20-12-14-23(15-13-20)27(28)17-30-18-27/h2-3,5-7,10-15,19,22,24,29H,4,8-9,16-18H2,1H3/t19-,22+,24+/m1/s1. The van der Waals surface area contributed by atoms with Crippen molar-refractivity contribution in [1.29, 1.82) is 0 Å². The molecule has 0 aromatic heterocycles. The van der Waals surface area contributed by atoms with Crippen LogP contribution in [0.2, 0.25) is 0 Å². The fourth-order valence-electron chi connectivity index (χ4n) is 5.22. The summed E-state index contributed by atoms with van der Waals surface area (Å²) in [7, 11) is 0. The predicted molar refractivity (Wildman–Crippen MR) is 121 cm³/mol. The van der Waals surface area contributed by atoms with Crippen molar-refractivity contribution in [2.24, 2.45) is 0 Å². The minimum atomic E-state index is -1.27. The van der Waals surface area contributed by atoms with E-state index in [1.165, 1.54) is 41.2 Å². The Morgan fingerprint density at radius 1 is 0.967 bits per heavy atom. The number of rotatable bonds is 5. The summed E-state index contributed by atoms with van der Waals surface area (Å²) in [5.41, 5.74) is 2.19. The van der Waals surface area contributed by atoms with Crippen molar-refractivity contribution in [1.82, 2.24) is 5.32 Å². The van der Waals surface area contributed by atoms with Gasteiger partial charge in [0.2, 0.25) is 0 Å². The quantitative estimate of drug-likeness (QED) is 0.531. The van der Waals surface area contributed by atoms with Gasteiger partial charge in [0.15, 0.2) is 5.67 Å². The van der Waals surface area contributed by atoms with E-state index in [0.717, 1.165) is 12.0 Å². The first kappa shape index (κ1) is 19.7. The Bertz CT molecular complexity index is 1010. The molecule has 2 aliphatic rings. The van der Waals surface area contributed by atoms with E-state index >= 15 is 0 Å². The normalized spacial score (nSPS) is 24.3. The topological polar surface area (TPSA) is 21.3 Å². The van der Waals surface area contributed by atoms with E-state index in [9.17, 15) is 4.39 Å². The molecule has 5 rings (SSSR count). The molecule has 1 aliphatic carbocycles. The maximum atomic E-state index is 14.6. The van der Waals surface area contributed by atoms with Gasteiger partial charge < -0.3 is 10.1 Å². The molecule has 0 amide bonds. The van der Waals surface area contributed by atoms with Crippen LogP contribution in [-0.2, 0) is 10.4 Å². The molecule has 2 fully saturated rings.